The summed E-state index contributed by atoms with van der Waals surface area (Å²) in [6, 6.07) is 19.4. The average molecular weight is 266 g/mol. The van der Waals surface area contributed by atoms with E-state index in [1.165, 1.54) is 36.2 Å². The first-order valence-electron chi connectivity index (χ1n) is 7.51. The smallest absolute Gasteiger partial charge is 0.0399 e. The van der Waals surface area contributed by atoms with Gasteiger partial charge in [-0.15, -0.1) is 0 Å². The van der Waals surface area contributed by atoms with Crippen LogP contribution in [0.2, 0.25) is 0 Å². The van der Waals surface area contributed by atoms with E-state index in [-0.39, 0.29) is 0 Å². The lowest BCUT2D eigenvalue weighted by Gasteiger charge is -2.31. The number of benzene rings is 2. The first-order chi connectivity index (χ1) is 9.93. The predicted octanol–water partition coefficient (Wildman–Crippen LogP) is 3.23. The molecular formula is C18H22N2. The summed E-state index contributed by atoms with van der Waals surface area (Å²) < 4.78 is 0. The molecule has 2 aromatic carbocycles. The van der Waals surface area contributed by atoms with Crippen molar-refractivity contribution in [1.82, 2.24) is 5.32 Å². The van der Waals surface area contributed by atoms with Crippen molar-refractivity contribution in [2.24, 2.45) is 0 Å². The van der Waals surface area contributed by atoms with E-state index in [0.29, 0.717) is 0 Å². The van der Waals surface area contributed by atoms with E-state index >= 15 is 0 Å². The molecule has 0 saturated heterocycles. The lowest BCUT2D eigenvalue weighted by atomic mass is 10.0. The highest BCUT2D eigenvalue weighted by Gasteiger charge is 2.15. The van der Waals surface area contributed by atoms with Crippen LogP contribution in [-0.2, 0) is 13.0 Å². The summed E-state index contributed by atoms with van der Waals surface area (Å²) in [7, 11) is 0. The van der Waals surface area contributed by atoms with E-state index < -0.39 is 0 Å². The molecule has 0 amide bonds. The van der Waals surface area contributed by atoms with E-state index in [1.54, 1.807) is 0 Å². The van der Waals surface area contributed by atoms with Crippen LogP contribution < -0.4 is 10.2 Å². The number of para-hydroxylation sites is 1. The summed E-state index contributed by atoms with van der Waals surface area (Å²) in [6.07, 6.45) is 2.50. The second-order valence-corrected chi connectivity index (χ2v) is 5.38. The standard InChI is InChI=1S/C18H22N2/c1-2-7-16(8-3-1)15-19-12-14-20-13-6-10-17-9-4-5-11-18(17)20/h1-5,7-9,11,19H,6,10,12-15H2. The monoisotopic (exact) mass is 266 g/mol. The van der Waals surface area contributed by atoms with Crippen LogP contribution in [0.25, 0.3) is 0 Å². The lowest BCUT2D eigenvalue weighted by molar-refractivity contribution is 0.630. The highest BCUT2D eigenvalue weighted by Crippen LogP contribution is 2.25. The average Bonchev–Trinajstić information content (AvgIpc) is 2.53. The molecule has 20 heavy (non-hydrogen) atoms. The SMILES string of the molecule is c1ccc(CNCCN2CCCc3ccccc32)cc1. The van der Waals surface area contributed by atoms with Crippen LogP contribution in [0, 0.1) is 0 Å². The second-order valence-electron chi connectivity index (χ2n) is 5.38. The molecule has 0 saturated carbocycles. The van der Waals surface area contributed by atoms with E-state index in [0.717, 1.165) is 19.6 Å². The van der Waals surface area contributed by atoms with Crippen LogP contribution in [0.15, 0.2) is 54.6 Å². The minimum atomic E-state index is 0.955. The lowest BCUT2D eigenvalue weighted by Crippen LogP contribution is -2.35. The molecule has 3 rings (SSSR count). The summed E-state index contributed by atoms with van der Waals surface area (Å²) in [5.41, 5.74) is 4.29. The maximum absolute atomic E-state index is 3.54. The van der Waals surface area contributed by atoms with Crippen LogP contribution >= 0.6 is 0 Å². The Balaban J connectivity index is 1.50. The number of nitrogens with one attached hydrogen (secondary N) is 1. The van der Waals surface area contributed by atoms with Crippen LogP contribution in [0.3, 0.4) is 0 Å². The van der Waals surface area contributed by atoms with Gasteiger partial charge in [0.05, 0.1) is 0 Å². The Hall–Kier alpha value is -1.80. The molecule has 0 atom stereocenters. The molecule has 1 heterocycles. The summed E-state index contributed by atoms with van der Waals surface area (Å²) >= 11 is 0. The number of hydrogen-bond acceptors (Lipinski definition) is 2. The van der Waals surface area contributed by atoms with Gasteiger partial charge in [0.2, 0.25) is 0 Å². The van der Waals surface area contributed by atoms with Gasteiger partial charge in [-0.1, -0.05) is 48.5 Å². The third kappa shape index (κ3) is 3.20. The Kier molecular flexibility index (Phi) is 4.34. The fourth-order valence-corrected chi connectivity index (χ4v) is 2.89. The van der Waals surface area contributed by atoms with Crippen molar-refractivity contribution in [3.8, 4) is 0 Å². The van der Waals surface area contributed by atoms with Gasteiger partial charge in [0.25, 0.3) is 0 Å². The van der Waals surface area contributed by atoms with Crippen molar-refractivity contribution in [1.29, 1.82) is 0 Å². The largest absolute Gasteiger partial charge is 0.370 e. The van der Waals surface area contributed by atoms with Gasteiger partial charge in [-0.05, 0) is 30.0 Å². The molecule has 0 radical (unpaired) electrons. The molecule has 2 heteroatoms. The maximum Gasteiger partial charge on any atom is 0.0399 e. The van der Waals surface area contributed by atoms with E-state index in [4.69, 9.17) is 0 Å². The van der Waals surface area contributed by atoms with Gasteiger partial charge in [0, 0.05) is 31.9 Å². The van der Waals surface area contributed by atoms with Gasteiger partial charge in [0.15, 0.2) is 0 Å². The van der Waals surface area contributed by atoms with Crippen LogP contribution in [0.5, 0.6) is 0 Å². The molecule has 0 aliphatic carbocycles. The third-order valence-electron chi connectivity index (χ3n) is 3.94. The minimum absolute atomic E-state index is 0.955. The van der Waals surface area contributed by atoms with Crippen LogP contribution in [0.1, 0.15) is 17.5 Å². The van der Waals surface area contributed by atoms with Crippen molar-refractivity contribution in [3.63, 3.8) is 0 Å². The number of nitrogens with zero attached hydrogens (tertiary/aromatic N) is 1. The van der Waals surface area contributed by atoms with Gasteiger partial charge in [0.1, 0.15) is 0 Å². The Bertz CT molecular complexity index is 536. The van der Waals surface area contributed by atoms with Gasteiger partial charge < -0.3 is 10.2 Å². The molecule has 0 bridgehead atoms. The van der Waals surface area contributed by atoms with Crippen molar-refractivity contribution in [2.75, 3.05) is 24.5 Å². The summed E-state index contributed by atoms with van der Waals surface area (Å²) in [6.45, 7) is 4.26. The predicted molar refractivity (Wildman–Crippen MR) is 85.1 cm³/mol. The fraction of sp³-hybridized carbons (Fsp3) is 0.333. The zero-order valence-electron chi connectivity index (χ0n) is 11.9. The number of anilines is 1. The Morgan fingerprint density at radius 1 is 0.950 bits per heavy atom. The van der Waals surface area contributed by atoms with Gasteiger partial charge in [-0.3, -0.25) is 0 Å². The number of hydrogen-bond donors (Lipinski definition) is 1. The molecule has 104 valence electrons. The van der Waals surface area contributed by atoms with E-state index in [2.05, 4.69) is 64.8 Å². The minimum Gasteiger partial charge on any atom is -0.370 e. The number of rotatable bonds is 5. The van der Waals surface area contributed by atoms with Gasteiger partial charge in [-0.2, -0.15) is 0 Å². The molecule has 0 aromatic heterocycles. The van der Waals surface area contributed by atoms with Crippen molar-refractivity contribution < 1.29 is 0 Å². The summed E-state index contributed by atoms with van der Waals surface area (Å²) in [4.78, 5) is 2.51. The molecule has 1 aliphatic heterocycles. The molecule has 2 nitrogen and oxygen atoms in total. The highest BCUT2D eigenvalue weighted by molar-refractivity contribution is 5.55. The Morgan fingerprint density at radius 2 is 1.75 bits per heavy atom. The fourth-order valence-electron chi connectivity index (χ4n) is 2.89. The molecule has 2 aromatic rings. The first kappa shape index (κ1) is 13.2. The van der Waals surface area contributed by atoms with Gasteiger partial charge >= 0.3 is 0 Å². The summed E-state index contributed by atoms with van der Waals surface area (Å²) in [5.74, 6) is 0. The van der Waals surface area contributed by atoms with E-state index in [9.17, 15) is 0 Å². The molecular weight excluding hydrogens is 244 g/mol. The first-order valence-corrected chi connectivity index (χ1v) is 7.51. The topological polar surface area (TPSA) is 15.3 Å². The molecule has 1 aliphatic rings. The molecule has 0 unspecified atom stereocenters. The third-order valence-corrected chi connectivity index (χ3v) is 3.94. The van der Waals surface area contributed by atoms with Gasteiger partial charge in [-0.25, -0.2) is 0 Å². The second kappa shape index (κ2) is 6.58. The highest BCUT2D eigenvalue weighted by atomic mass is 15.1. The normalized spacial score (nSPS) is 14.1. The zero-order chi connectivity index (χ0) is 13.6. The number of fused-ring (bicyclic) bond motifs is 1. The molecule has 0 spiro atoms. The quantitative estimate of drug-likeness (QED) is 0.836. The van der Waals surface area contributed by atoms with Crippen LogP contribution in [0.4, 0.5) is 5.69 Å². The van der Waals surface area contributed by atoms with Crippen molar-refractivity contribution >= 4 is 5.69 Å². The Labute approximate surface area is 121 Å². The van der Waals surface area contributed by atoms with Crippen molar-refractivity contribution in [2.45, 2.75) is 19.4 Å². The molecule has 1 N–H and O–H groups in total. The number of aryl methyl sites for hydroxylation is 1. The zero-order valence-corrected chi connectivity index (χ0v) is 11.9. The molecule has 0 fully saturated rings. The maximum atomic E-state index is 3.54. The van der Waals surface area contributed by atoms with Crippen LogP contribution in [-0.4, -0.2) is 19.6 Å². The van der Waals surface area contributed by atoms with E-state index in [1.807, 2.05) is 0 Å². The van der Waals surface area contributed by atoms with Crippen molar-refractivity contribution in [3.05, 3.63) is 65.7 Å². The Morgan fingerprint density at radius 3 is 2.65 bits per heavy atom. The summed E-state index contributed by atoms with van der Waals surface area (Å²) in [5, 5.41) is 3.54.